The van der Waals surface area contributed by atoms with Crippen LogP contribution in [0.1, 0.15) is 59.3 Å². The highest BCUT2D eigenvalue weighted by atomic mass is 14.3. The molecule has 0 aromatic rings. The predicted octanol–water partition coefficient (Wildman–Crippen LogP) is 4.54. The summed E-state index contributed by atoms with van der Waals surface area (Å²) in [6.45, 7) is 9.57. The molecule has 0 aromatic heterocycles. The van der Waals surface area contributed by atoms with Gasteiger partial charge < -0.3 is 0 Å². The Morgan fingerprint density at radius 2 is 1.79 bits per heavy atom. The zero-order valence-corrected chi connectivity index (χ0v) is 10.5. The van der Waals surface area contributed by atoms with Crippen molar-refractivity contribution >= 4 is 7.28 Å². The molecule has 1 radical (unpaired) electrons. The van der Waals surface area contributed by atoms with Crippen molar-refractivity contribution in [3.8, 4) is 0 Å². The van der Waals surface area contributed by atoms with Crippen molar-refractivity contribution in [3.05, 3.63) is 0 Å². The Hall–Kier alpha value is 0.0649. The Kier molecular flexibility index (Phi) is 4.54. The Labute approximate surface area is 91.1 Å². The quantitative estimate of drug-likeness (QED) is 0.536. The molecule has 14 heavy (non-hydrogen) atoms. The van der Waals surface area contributed by atoms with E-state index in [-0.39, 0.29) is 0 Å². The lowest BCUT2D eigenvalue weighted by molar-refractivity contribution is 0.309. The topological polar surface area (TPSA) is 0 Å². The van der Waals surface area contributed by atoms with Crippen LogP contribution in [0.25, 0.3) is 0 Å². The first-order valence-electron chi connectivity index (χ1n) is 6.38. The average molecular weight is 193 g/mol. The third kappa shape index (κ3) is 3.33. The van der Waals surface area contributed by atoms with Gasteiger partial charge >= 0.3 is 0 Å². The summed E-state index contributed by atoms with van der Waals surface area (Å²) in [7, 11) is 2.45. The van der Waals surface area contributed by atoms with Gasteiger partial charge in [-0.1, -0.05) is 71.4 Å². The molecule has 0 aromatic carbocycles. The molecule has 0 spiro atoms. The van der Waals surface area contributed by atoms with Crippen molar-refractivity contribution in [1.82, 2.24) is 0 Å². The molecule has 1 aliphatic rings. The molecular weight excluding hydrogens is 167 g/mol. The number of hydrogen-bond donors (Lipinski definition) is 0. The molecule has 81 valence electrons. The summed E-state index contributed by atoms with van der Waals surface area (Å²) in [5.74, 6) is 1.82. The lowest BCUT2D eigenvalue weighted by Crippen LogP contribution is -2.20. The third-order valence-electron chi connectivity index (χ3n) is 4.36. The van der Waals surface area contributed by atoms with E-state index in [1.807, 2.05) is 0 Å². The molecule has 3 unspecified atom stereocenters. The molecule has 0 bridgehead atoms. The Morgan fingerprint density at radius 3 is 2.43 bits per heavy atom. The second-order valence-corrected chi connectivity index (χ2v) is 5.70. The number of hydrogen-bond acceptors (Lipinski definition) is 0. The standard InChI is InChI=1S/C13H26B/c1-11-8-6-5-7-9-13(3,14-4)10-12(11)2/h11-12H,5-10H2,1-4H3. The molecule has 1 rings (SSSR count). The van der Waals surface area contributed by atoms with Crippen LogP contribution in [0.15, 0.2) is 0 Å². The smallest absolute Gasteiger partial charge is 0.0914 e. The highest BCUT2D eigenvalue weighted by Crippen LogP contribution is 2.42. The highest BCUT2D eigenvalue weighted by Gasteiger charge is 2.27. The zero-order valence-electron chi connectivity index (χ0n) is 10.5. The summed E-state index contributed by atoms with van der Waals surface area (Å²) in [4.78, 5) is 0. The fourth-order valence-corrected chi connectivity index (χ4v) is 2.76. The summed E-state index contributed by atoms with van der Waals surface area (Å²) < 4.78 is 0. The van der Waals surface area contributed by atoms with E-state index in [1.54, 1.807) is 0 Å². The van der Waals surface area contributed by atoms with E-state index in [2.05, 4.69) is 34.9 Å². The van der Waals surface area contributed by atoms with Crippen LogP contribution >= 0.6 is 0 Å². The molecule has 0 nitrogen and oxygen atoms in total. The lowest BCUT2D eigenvalue weighted by atomic mass is 9.50. The third-order valence-corrected chi connectivity index (χ3v) is 4.36. The summed E-state index contributed by atoms with van der Waals surface area (Å²) in [5.41, 5.74) is 0. The maximum atomic E-state index is 2.45. The summed E-state index contributed by atoms with van der Waals surface area (Å²) >= 11 is 0. The van der Waals surface area contributed by atoms with Crippen LogP contribution in [0, 0.1) is 11.8 Å². The molecule has 1 saturated carbocycles. The van der Waals surface area contributed by atoms with Gasteiger partial charge in [0.2, 0.25) is 0 Å². The summed E-state index contributed by atoms with van der Waals surface area (Å²) in [6.07, 6.45) is 8.57. The molecule has 3 atom stereocenters. The normalized spacial score (nSPS) is 40.9. The van der Waals surface area contributed by atoms with Crippen molar-refractivity contribution in [2.24, 2.45) is 11.8 Å². The minimum atomic E-state index is 0.512. The maximum Gasteiger partial charge on any atom is 0.114 e. The fourth-order valence-electron chi connectivity index (χ4n) is 2.76. The van der Waals surface area contributed by atoms with E-state index in [9.17, 15) is 0 Å². The summed E-state index contributed by atoms with van der Waals surface area (Å²) in [5, 5.41) is 0.512. The van der Waals surface area contributed by atoms with E-state index in [0.29, 0.717) is 5.31 Å². The monoisotopic (exact) mass is 193 g/mol. The molecule has 0 amide bonds. The van der Waals surface area contributed by atoms with Gasteiger partial charge in [-0.15, -0.1) is 0 Å². The van der Waals surface area contributed by atoms with Gasteiger partial charge in [-0.05, 0) is 11.8 Å². The second kappa shape index (κ2) is 5.23. The fraction of sp³-hybridized carbons (Fsp3) is 1.00. The number of rotatable bonds is 1. The van der Waals surface area contributed by atoms with E-state index >= 15 is 0 Å². The van der Waals surface area contributed by atoms with Gasteiger partial charge in [0.25, 0.3) is 0 Å². The van der Waals surface area contributed by atoms with E-state index < -0.39 is 0 Å². The molecule has 0 N–H and O–H groups in total. The Bertz CT molecular complexity index is 167. The summed E-state index contributed by atoms with van der Waals surface area (Å²) in [6, 6.07) is 0. The van der Waals surface area contributed by atoms with Crippen molar-refractivity contribution < 1.29 is 0 Å². The van der Waals surface area contributed by atoms with Gasteiger partial charge in [-0.2, -0.15) is 0 Å². The second-order valence-electron chi connectivity index (χ2n) is 5.70. The van der Waals surface area contributed by atoms with Crippen LogP contribution in [0.2, 0.25) is 12.1 Å². The zero-order chi connectivity index (χ0) is 10.6. The first-order chi connectivity index (χ1) is 6.57. The molecule has 0 aliphatic heterocycles. The van der Waals surface area contributed by atoms with Crippen molar-refractivity contribution in [3.63, 3.8) is 0 Å². The van der Waals surface area contributed by atoms with E-state index in [1.165, 1.54) is 38.5 Å². The Balaban J connectivity index is 2.61. The minimum Gasteiger partial charge on any atom is -0.0914 e. The van der Waals surface area contributed by atoms with Crippen molar-refractivity contribution in [1.29, 1.82) is 0 Å². The van der Waals surface area contributed by atoms with Gasteiger partial charge in [-0.25, -0.2) is 0 Å². The molecular formula is C13H26B. The van der Waals surface area contributed by atoms with Crippen LogP contribution in [-0.2, 0) is 0 Å². The van der Waals surface area contributed by atoms with Gasteiger partial charge in [0.15, 0.2) is 0 Å². The van der Waals surface area contributed by atoms with E-state index in [0.717, 1.165) is 11.8 Å². The first-order valence-corrected chi connectivity index (χ1v) is 6.38. The predicted molar refractivity (Wildman–Crippen MR) is 66.0 cm³/mol. The van der Waals surface area contributed by atoms with Crippen LogP contribution in [0.3, 0.4) is 0 Å². The van der Waals surface area contributed by atoms with Crippen LogP contribution in [0.4, 0.5) is 0 Å². The first kappa shape index (κ1) is 12.1. The SMILES string of the molecule is C[B]C1(C)CCCCCC(C)C(C)C1. The molecule has 0 heterocycles. The van der Waals surface area contributed by atoms with Gasteiger partial charge in [0, 0.05) is 0 Å². The molecule has 1 fully saturated rings. The van der Waals surface area contributed by atoms with Gasteiger partial charge in [0.05, 0.1) is 0 Å². The highest BCUT2D eigenvalue weighted by molar-refractivity contribution is 6.38. The average Bonchev–Trinajstić information content (AvgIpc) is 2.21. The van der Waals surface area contributed by atoms with Crippen molar-refractivity contribution in [2.75, 3.05) is 0 Å². The lowest BCUT2D eigenvalue weighted by Gasteiger charge is -2.32. The van der Waals surface area contributed by atoms with E-state index in [4.69, 9.17) is 0 Å². The largest absolute Gasteiger partial charge is 0.114 e. The van der Waals surface area contributed by atoms with Crippen LogP contribution < -0.4 is 0 Å². The minimum absolute atomic E-state index is 0.512. The van der Waals surface area contributed by atoms with Crippen LogP contribution in [-0.4, -0.2) is 7.28 Å². The van der Waals surface area contributed by atoms with Gasteiger partial charge in [-0.3, -0.25) is 0 Å². The van der Waals surface area contributed by atoms with Crippen LogP contribution in [0.5, 0.6) is 0 Å². The van der Waals surface area contributed by atoms with Crippen molar-refractivity contribution in [2.45, 2.75) is 71.4 Å². The molecule has 0 saturated heterocycles. The maximum absolute atomic E-state index is 2.45. The molecule has 1 heteroatoms. The molecule has 1 aliphatic carbocycles. The Morgan fingerprint density at radius 1 is 1.07 bits per heavy atom. The van der Waals surface area contributed by atoms with Gasteiger partial charge in [0.1, 0.15) is 7.28 Å².